The van der Waals surface area contributed by atoms with Gasteiger partial charge in [-0.25, -0.2) is 0 Å². The van der Waals surface area contributed by atoms with Gasteiger partial charge in [0, 0.05) is 55.8 Å². The van der Waals surface area contributed by atoms with Gasteiger partial charge in [-0.05, 0) is 66.8 Å². The molecule has 3 aliphatic rings. The minimum atomic E-state index is -0.640. The molecule has 0 aliphatic carbocycles. The summed E-state index contributed by atoms with van der Waals surface area (Å²) in [5.74, 6) is -0.285. The fraction of sp³-hybridized carbons (Fsp3) is 0.357. The number of benzene rings is 4. The lowest BCUT2D eigenvalue weighted by atomic mass is 9.85. The zero-order valence-electron chi connectivity index (χ0n) is 30.3. The van der Waals surface area contributed by atoms with Crippen LogP contribution in [0.2, 0.25) is 0 Å². The molecule has 3 heterocycles. The summed E-state index contributed by atoms with van der Waals surface area (Å²) in [7, 11) is 0. The lowest BCUT2D eigenvalue weighted by Gasteiger charge is -2.45. The molecule has 6 N–H and O–H groups in total. The van der Waals surface area contributed by atoms with E-state index in [9.17, 15) is 19.5 Å². The van der Waals surface area contributed by atoms with E-state index in [4.69, 9.17) is 15.2 Å². The van der Waals surface area contributed by atoms with Gasteiger partial charge in [0.05, 0.1) is 36.9 Å². The van der Waals surface area contributed by atoms with Crippen molar-refractivity contribution in [3.8, 4) is 0 Å². The summed E-state index contributed by atoms with van der Waals surface area (Å²) in [5, 5.41) is 18.4. The topological polar surface area (TPSA) is 158 Å². The number of hydrogen-bond acceptors (Lipinski definition) is 9. The largest absolute Gasteiger partial charge is 0.397 e. The van der Waals surface area contributed by atoms with Crippen molar-refractivity contribution >= 4 is 40.5 Å². The van der Waals surface area contributed by atoms with E-state index in [0.29, 0.717) is 43.1 Å². The maximum absolute atomic E-state index is 13.2. The van der Waals surface area contributed by atoms with Gasteiger partial charge in [0.2, 0.25) is 17.7 Å². The van der Waals surface area contributed by atoms with Crippen LogP contribution in [0.5, 0.6) is 0 Å². The highest BCUT2D eigenvalue weighted by Crippen LogP contribution is 2.40. The number of nitrogens with one attached hydrogen (secondary N) is 3. The number of rotatable bonds is 12. The molecule has 3 aliphatic heterocycles. The quantitative estimate of drug-likeness (QED) is 0.119. The number of para-hydroxylation sites is 3. The molecule has 1 spiro atoms. The Balaban J connectivity index is 0.963. The van der Waals surface area contributed by atoms with Crippen LogP contribution in [0.1, 0.15) is 67.6 Å². The SMILES string of the molecule is Nc1ccccc1NC(=O)CCCC(=O)Nc1ccc([C@@H]2O[C@H](CN3CCC4(CC3)C(=O)NCN4c3ccccc3)C[C@H](c3ccc(CO)cc3)O2)cc1. The van der Waals surface area contributed by atoms with Crippen LogP contribution in [0.15, 0.2) is 103 Å². The molecular formula is C42H48N6O6. The molecule has 3 fully saturated rings. The standard InChI is InChI=1S/C42H48N6O6/c43-35-9-4-5-10-36(35)46-39(51)12-6-11-38(50)45-32-19-17-31(18-20-32)40-53-34(25-37(54-40)30-15-13-29(27-49)14-16-30)26-47-23-21-42(22-24-47)41(52)44-28-48(42)33-7-2-1-3-8-33/h1-5,7-10,13-20,34,37,40,49H,6,11-12,21-28,43H2,(H,44,52)(H,45,50)(H,46,51)/t34-,37+,40+/m0/s1. The highest BCUT2D eigenvalue weighted by Gasteiger charge is 2.50. The van der Waals surface area contributed by atoms with E-state index in [1.165, 1.54) is 0 Å². The van der Waals surface area contributed by atoms with Crippen molar-refractivity contribution in [2.24, 2.45) is 0 Å². The van der Waals surface area contributed by atoms with Crippen LogP contribution in [0.4, 0.5) is 22.7 Å². The second-order valence-corrected chi connectivity index (χ2v) is 14.3. The molecule has 0 unspecified atom stereocenters. The number of carbonyl (C=O) groups is 3. The van der Waals surface area contributed by atoms with Gasteiger partial charge in [0.25, 0.3) is 0 Å². The van der Waals surface area contributed by atoms with Crippen LogP contribution in [-0.2, 0) is 30.5 Å². The van der Waals surface area contributed by atoms with Crippen LogP contribution in [0, 0.1) is 0 Å². The molecular weight excluding hydrogens is 684 g/mol. The third-order valence-corrected chi connectivity index (χ3v) is 10.7. The van der Waals surface area contributed by atoms with Crippen molar-refractivity contribution in [2.75, 3.05) is 47.6 Å². The first kappa shape index (κ1) is 37.1. The van der Waals surface area contributed by atoms with Crippen molar-refractivity contribution in [1.29, 1.82) is 0 Å². The first-order valence-electron chi connectivity index (χ1n) is 18.7. The van der Waals surface area contributed by atoms with Crippen molar-refractivity contribution in [1.82, 2.24) is 10.2 Å². The Morgan fingerprint density at radius 3 is 2.20 bits per heavy atom. The maximum atomic E-state index is 13.2. The van der Waals surface area contributed by atoms with E-state index >= 15 is 0 Å². The molecule has 3 atom stereocenters. The second-order valence-electron chi connectivity index (χ2n) is 14.3. The molecule has 282 valence electrons. The van der Waals surface area contributed by atoms with Gasteiger partial charge in [-0.3, -0.25) is 14.4 Å². The van der Waals surface area contributed by atoms with Crippen LogP contribution >= 0.6 is 0 Å². The molecule has 0 saturated carbocycles. The van der Waals surface area contributed by atoms with Gasteiger partial charge in [-0.2, -0.15) is 0 Å². The number of nitrogen functional groups attached to an aromatic ring is 1. The average Bonchev–Trinajstić information content (AvgIpc) is 3.51. The van der Waals surface area contributed by atoms with Crippen molar-refractivity contribution in [3.63, 3.8) is 0 Å². The summed E-state index contributed by atoms with van der Waals surface area (Å²) in [6, 6.07) is 32.5. The van der Waals surface area contributed by atoms with Crippen molar-refractivity contribution in [3.05, 3.63) is 120 Å². The zero-order chi connectivity index (χ0) is 37.5. The highest BCUT2D eigenvalue weighted by molar-refractivity contribution is 5.95. The normalized spacial score (nSPS) is 21.1. The third-order valence-electron chi connectivity index (χ3n) is 10.7. The van der Waals surface area contributed by atoms with Gasteiger partial charge in [0.15, 0.2) is 6.29 Å². The van der Waals surface area contributed by atoms with Gasteiger partial charge >= 0.3 is 0 Å². The first-order chi connectivity index (χ1) is 26.3. The molecule has 54 heavy (non-hydrogen) atoms. The molecule has 3 amide bonds. The maximum Gasteiger partial charge on any atom is 0.247 e. The van der Waals surface area contributed by atoms with Crippen molar-refractivity contribution < 1.29 is 29.0 Å². The van der Waals surface area contributed by atoms with Crippen LogP contribution in [0.25, 0.3) is 0 Å². The Kier molecular flexibility index (Phi) is 11.5. The lowest BCUT2D eigenvalue weighted by molar-refractivity contribution is -0.253. The summed E-state index contributed by atoms with van der Waals surface area (Å²) < 4.78 is 13.2. The lowest BCUT2D eigenvalue weighted by Crippen LogP contribution is -2.57. The number of anilines is 4. The number of piperidine rings is 1. The van der Waals surface area contributed by atoms with E-state index < -0.39 is 11.8 Å². The summed E-state index contributed by atoms with van der Waals surface area (Å²) in [6.45, 7) is 2.70. The number of carbonyl (C=O) groups excluding carboxylic acids is 3. The highest BCUT2D eigenvalue weighted by atomic mass is 16.7. The smallest absolute Gasteiger partial charge is 0.247 e. The Morgan fingerprint density at radius 1 is 0.833 bits per heavy atom. The number of nitrogens with two attached hydrogens (primary N) is 1. The Morgan fingerprint density at radius 2 is 1.50 bits per heavy atom. The number of aliphatic hydroxyl groups is 1. The number of aliphatic hydroxyl groups excluding tert-OH is 1. The molecule has 12 heteroatoms. The summed E-state index contributed by atoms with van der Waals surface area (Å²) in [6.07, 6.45) is 1.85. The Labute approximate surface area is 315 Å². The molecule has 0 radical (unpaired) electrons. The molecule has 4 aromatic rings. The predicted octanol–water partition coefficient (Wildman–Crippen LogP) is 5.48. The minimum absolute atomic E-state index is 0.0294. The molecule has 7 rings (SSSR count). The van der Waals surface area contributed by atoms with E-state index in [2.05, 4.69) is 37.9 Å². The molecule has 4 aromatic carbocycles. The van der Waals surface area contributed by atoms with Gasteiger partial charge < -0.3 is 46.1 Å². The van der Waals surface area contributed by atoms with Gasteiger partial charge in [0.1, 0.15) is 5.54 Å². The number of hydrogen-bond donors (Lipinski definition) is 5. The third kappa shape index (κ3) is 8.58. The molecule has 0 aromatic heterocycles. The molecule has 0 bridgehead atoms. The summed E-state index contributed by atoms with van der Waals surface area (Å²) >= 11 is 0. The van der Waals surface area contributed by atoms with E-state index in [-0.39, 0.29) is 49.4 Å². The van der Waals surface area contributed by atoms with E-state index in [1.807, 2.05) is 66.7 Å². The first-order valence-corrected chi connectivity index (χ1v) is 18.7. The Bertz CT molecular complexity index is 1900. The molecule has 12 nitrogen and oxygen atoms in total. The van der Waals surface area contributed by atoms with Gasteiger partial charge in [-0.15, -0.1) is 0 Å². The van der Waals surface area contributed by atoms with E-state index in [1.54, 1.807) is 24.3 Å². The van der Waals surface area contributed by atoms with Crippen LogP contribution in [-0.4, -0.2) is 65.7 Å². The van der Waals surface area contributed by atoms with Crippen LogP contribution < -0.4 is 26.6 Å². The summed E-state index contributed by atoms with van der Waals surface area (Å²) in [5.41, 5.74) is 10.7. The number of nitrogens with zero attached hydrogens (tertiary/aromatic N) is 2. The number of likely N-dealkylation sites (tertiary alicyclic amines) is 1. The number of amides is 3. The Hall–Kier alpha value is -5.27. The molecule has 3 saturated heterocycles. The van der Waals surface area contributed by atoms with Gasteiger partial charge in [-0.1, -0.05) is 66.7 Å². The van der Waals surface area contributed by atoms with E-state index in [0.717, 1.165) is 48.3 Å². The summed E-state index contributed by atoms with van der Waals surface area (Å²) in [4.78, 5) is 42.9. The monoisotopic (exact) mass is 732 g/mol. The minimum Gasteiger partial charge on any atom is -0.397 e. The fourth-order valence-corrected chi connectivity index (χ4v) is 7.64. The second kappa shape index (κ2) is 16.8. The zero-order valence-corrected chi connectivity index (χ0v) is 30.3. The number of ether oxygens (including phenoxy) is 2. The predicted molar refractivity (Wildman–Crippen MR) is 207 cm³/mol. The average molecular weight is 733 g/mol. The van der Waals surface area contributed by atoms with Crippen LogP contribution in [0.3, 0.4) is 0 Å². The fourth-order valence-electron chi connectivity index (χ4n) is 7.64. The van der Waals surface area contributed by atoms with Crippen molar-refractivity contribution in [2.45, 2.75) is 69.2 Å².